The normalized spacial score (nSPS) is 20.2. The van der Waals surface area contributed by atoms with Crippen molar-refractivity contribution in [2.45, 2.75) is 18.9 Å². The number of rotatable bonds is 2. The van der Waals surface area contributed by atoms with E-state index < -0.39 is 0 Å². The standard InChI is InChI=1S/C20H18N2O2/c23-19-12-18-16-9-5-4-6-14(16)10-11-22(18)20(24)17(19)13-21-15-7-2-1-3-8-15/h1-9,13,18,23H,10-12H2/t18-/m0/s1. The van der Waals surface area contributed by atoms with E-state index in [4.69, 9.17) is 0 Å². The van der Waals surface area contributed by atoms with Crippen molar-refractivity contribution in [2.24, 2.45) is 4.99 Å². The minimum atomic E-state index is -0.141. The molecule has 24 heavy (non-hydrogen) atoms. The van der Waals surface area contributed by atoms with Crippen LogP contribution in [0.5, 0.6) is 0 Å². The average Bonchev–Trinajstić information content (AvgIpc) is 2.62. The summed E-state index contributed by atoms with van der Waals surface area (Å²) in [4.78, 5) is 19.0. The molecule has 1 amide bonds. The van der Waals surface area contributed by atoms with Gasteiger partial charge in [0.15, 0.2) is 0 Å². The first-order valence-electron chi connectivity index (χ1n) is 8.14. The minimum absolute atomic E-state index is 0.0728. The Morgan fingerprint density at radius 1 is 1.08 bits per heavy atom. The SMILES string of the molecule is O=C1C(C=Nc2ccccc2)=C(O)C[C@H]2c3ccccc3CCN12. The molecule has 0 radical (unpaired) electrons. The average molecular weight is 318 g/mol. The zero-order valence-electron chi connectivity index (χ0n) is 13.2. The van der Waals surface area contributed by atoms with E-state index in [1.165, 1.54) is 11.8 Å². The lowest BCUT2D eigenvalue weighted by atomic mass is 9.86. The molecule has 1 atom stereocenters. The van der Waals surface area contributed by atoms with Crippen LogP contribution in [0, 0.1) is 0 Å². The van der Waals surface area contributed by atoms with Gasteiger partial charge in [-0.1, -0.05) is 42.5 Å². The second-order valence-corrected chi connectivity index (χ2v) is 6.12. The highest BCUT2D eigenvalue weighted by molar-refractivity contribution is 6.13. The lowest BCUT2D eigenvalue weighted by Crippen LogP contribution is -2.44. The maximum atomic E-state index is 12.8. The lowest BCUT2D eigenvalue weighted by molar-refractivity contribution is -0.130. The third-order valence-electron chi connectivity index (χ3n) is 4.70. The molecule has 0 spiro atoms. The predicted molar refractivity (Wildman–Crippen MR) is 93.5 cm³/mol. The topological polar surface area (TPSA) is 52.9 Å². The maximum absolute atomic E-state index is 12.8. The number of carbonyl (C=O) groups is 1. The summed E-state index contributed by atoms with van der Waals surface area (Å²) in [7, 11) is 0. The highest BCUT2D eigenvalue weighted by atomic mass is 16.3. The van der Waals surface area contributed by atoms with Crippen LogP contribution in [0.25, 0.3) is 0 Å². The summed E-state index contributed by atoms with van der Waals surface area (Å²) < 4.78 is 0. The molecule has 0 saturated carbocycles. The highest BCUT2D eigenvalue weighted by Crippen LogP contribution is 2.38. The van der Waals surface area contributed by atoms with E-state index in [1.807, 2.05) is 47.4 Å². The van der Waals surface area contributed by atoms with E-state index in [0.717, 1.165) is 17.7 Å². The Morgan fingerprint density at radius 3 is 2.67 bits per heavy atom. The molecular weight excluding hydrogens is 300 g/mol. The number of aliphatic hydroxyl groups is 1. The van der Waals surface area contributed by atoms with Gasteiger partial charge in [-0.15, -0.1) is 0 Å². The molecule has 0 saturated heterocycles. The Bertz CT molecular complexity index is 840. The van der Waals surface area contributed by atoms with E-state index >= 15 is 0 Å². The van der Waals surface area contributed by atoms with E-state index in [-0.39, 0.29) is 17.7 Å². The van der Waals surface area contributed by atoms with Gasteiger partial charge in [0.05, 0.1) is 17.3 Å². The molecule has 2 aliphatic heterocycles. The summed E-state index contributed by atoms with van der Waals surface area (Å²) in [6.45, 7) is 0.677. The molecule has 120 valence electrons. The third kappa shape index (κ3) is 2.50. The van der Waals surface area contributed by atoms with E-state index in [9.17, 15) is 9.90 Å². The van der Waals surface area contributed by atoms with Gasteiger partial charge in [-0.05, 0) is 29.7 Å². The summed E-state index contributed by atoms with van der Waals surface area (Å²) in [5, 5.41) is 10.4. The molecule has 2 aliphatic rings. The zero-order valence-corrected chi connectivity index (χ0v) is 13.2. The van der Waals surface area contributed by atoms with Gasteiger partial charge in [-0.2, -0.15) is 0 Å². The Hall–Kier alpha value is -2.88. The Kier molecular flexibility index (Phi) is 3.65. The predicted octanol–water partition coefficient (Wildman–Crippen LogP) is 3.73. The zero-order chi connectivity index (χ0) is 16.5. The molecule has 2 aromatic rings. The Morgan fingerprint density at radius 2 is 1.83 bits per heavy atom. The molecule has 4 rings (SSSR count). The molecule has 4 nitrogen and oxygen atoms in total. The van der Waals surface area contributed by atoms with Crippen LogP contribution in [0.2, 0.25) is 0 Å². The summed E-state index contributed by atoms with van der Waals surface area (Å²) in [6.07, 6.45) is 2.78. The minimum Gasteiger partial charge on any atom is -0.511 e. The van der Waals surface area contributed by atoms with Gasteiger partial charge in [-0.25, -0.2) is 0 Å². The van der Waals surface area contributed by atoms with Crippen LogP contribution in [-0.4, -0.2) is 28.7 Å². The maximum Gasteiger partial charge on any atom is 0.259 e. The van der Waals surface area contributed by atoms with Crippen molar-refractivity contribution in [3.63, 3.8) is 0 Å². The van der Waals surface area contributed by atoms with Gasteiger partial charge >= 0.3 is 0 Å². The van der Waals surface area contributed by atoms with Gasteiger partial charge in [0.2, 0.25) is 0 Å². The van der Waals surface area contributed by atoms with Gasteiger partial charge in [0.1, 0.15) is 5.76 Å². The molecule has 1 N–H and O–H groups in total. The van der Waals surface area contributed by atoms with Gasteiger partial charge in [-0.3, -0.25) is 9.79 Å². The van der Waals surface area contributed by atoms with Crippen molar-refractivity contribution < 1.29 is 9.90 Å². The van der Waals surface area contributed by atoms with Crippen molar-refractivity contribution in [3.8, 4) is 0 Å². The van der Waals surface area contributed by atoms with E-state index in [1.54, 1.807) is 0 Å². The second-order valence-electron chi connectivity index (χ2n) is 6.12. The van der Waals surface area contributed by atoms with Crippen molar-refractivity contribution >= 4 is 17.8 Å². The Labute approximate surface area is 140 Å². The quantitative estimate of drug-likeness (QED) is 0.858. The number of para-hydroxylation sites is 1. The van der Waals surface area contributed by atoms with Crippen LogP contribution in [0.1, 0.15) is 23.6 Å². The molecular formula is C20H18N2O2. The molecule has 4 heteroatoms. The molecule has 0 aliphatic carbocycles. The van der Waals surface area contributed by atoms with Crippen LogP contribution in [0.3, 0.4) is 0 Å². The number of hydrogen-bond donors (Lipinski definition) is 1. The van der Waals surface area contributed by atoms with Crippen molar-refractivity contribution in [3.05, 3.63) is 77.1 Å². The fourth-order valence-corrected chi connectivity index (χ4v) is 3.47. The number of carbonyl (C=O) groups excluding carboxylic acids is 1. The van der Waals surface area contributed by atoms with E-state index in [0.29, 0.717) is 18.5 Å². The number of nitrogens with zero attached hydrogens (tertiary/aromatic N) is 2. The fourth-order valence-electron chi connectivity index (χ4n) is 3.47. The largest absolute Gasteiger partial charge is 0.511 e. The summed E-state index contributed by atoms with van der Waals surface area (Å²) in [5.74, 6) is -0.0180. The van der Waals surface area contributed by atoms with Crippen LogP contribution in [0.4, 0.5) is 5.69 Å². The lowest BCUT2D eigenvalue weighted by Gasteiger charge is -2.40. The number of aliphatic hydroxyl groups excluding tert-OH is 1. The molecule has 0 unspecified atom stereocenters. The fraction of sp³-hybridized carbons (Fsp3) is 0.200. The number of benzene rings is 2. The first kappa shape index (κ1) is 14.7. The van der Waals surface area contributed by atoms with Crippen LogP contribution in [0.15, 0.2) is 70.9 Å². The van der Waals surface area contributed by atoms with Crippen molar-refractivity contribution in [1.82, 2.24) is 4.90 Å². The second kappa shape index (κ2) is 5.96. The van der Waals surface area contributed by atoms with Gasteiger partial charge in [0.25, 0.3) is 5.91 Å². The molecule has 0 aromatic heterocycles. The van der Waals surface area contributed by atoms with Crippen LogP contribution < -0.4 is 0 Å². The van der Waals surface area contributed by atoms with E-state index in [2.05, 4.69) is 17.1 Å². The van der Waals surface area contributed by atoms with Gasteiger partial charge in [0, 0.05) is 19.2 Å². The van der Waals surface area contributed by atoms with Crippen molar-refractivity contribution in [1.29, 1.82) is 0 Å². The molecule has 0 fully saturated rings. The molecule has 2 heterocycles. The number of fused-ring (bicyclic) bond motifs is 3. The monoisotopic (exact) mass is 318 g/mol. The highest BCUT2D eigenvalue weighted by Gasteiger charge is 2.37. The first-order valence-corrected chi connectivity index (χ1v) is 8.14. The van der Waals surface area contributed by atoms with Crippen LogP contribution >= 0.6 is 0 Å². The number of hydrogen-bond acceptors (Lipinski definition) is 3. The summed E-state index contributed by atoms with van der Waals surface area (Å²) in [6, 6.07) is 17.5. The number of aliphatic imine (C=N–C) groups is 1. The number of amides is 1. The Balaban J connectivity index is 1.67. The first-order chi connectivity index (χ1) is 11.7. The molecule has 0 bridgehead atoms. The summed E-state index contributed by atoms with van der Waals surface area (Å²) in [5.41, 5.74) is 3.47. The van der Waals surface area contributed by atoms with Crippen molar-refractivity contribution in [2.75, 3.05) is 6.54 Å². The molecule has 2 aromatic carbocycles. The van der Waals surface area contributed by atoms with Crippen LogP contribution in [-0.2, 0) is 11.2 Å². The summed E-state index contributed by atoms with van der Waals surface area (Å²) >= 11 is 0. The smallest absolute Gasteiger partial charge is 0.259 e. The van der Waals surface area contributed by atoms with Gasteiger partial charge < -0.3 is 10.0 Å². The third-order valence-corrected chi connectivity index (χ3v) is 4.70.